The molecule has 0 N–H and O–H groups in total. The zero-order chi connectivity index (χ0) is 17.5. The number of hydrogen-bond donors (Lipinski definition) is 0. The van der Waals surface area contributed by atoms with Crippen LogP contribution in [0.5, 0.6) is 5.75 Å². The number of amides is 1. The summed E-state index contributed by atoms with van der Waals surface area (Å²) in [6.07, 6.45) is 0. The van der Waals surface area contributed by atoms with Gasteiger partial charge in [-0.25, -0.2) is 0 Å². The van der Waals surface area contributed by atoms with Crippen LogP contribution in [0.25, 0.3) is 0 Å². The molecule has 0 aliphatic carbocycles. The third-order valence-electron chi connectivity index (χ3n) is 3.42. The molecule has 0 radical (unpaired) electrons. The molecule has 0 spiro atoms. The molecule has 0 saturated carbocycles. The van der Waals surface area contributed by atoms with Crippen LogP contribution in [0.4, 0.5) is 0 Å². The van der Waals surface area contributed by atoms with E-state index in [1.165, 1.54) is 0 Å². The second-order valence-electron chi connectivity index (χ2n) is 5.24. The van der Waals surface area contributed by atoms with Crippen molar-refractivity contribution in [1.29, 1.82) is 0 Å². The highest BCUT2D eigenvalue weighted by Crippen LogP contribution is 2.26. The van der Waals surface area contributed by atoms with Crippen molar-refractivity contribution in [3.05, 3.63) is 63.6 Å². The third kappa shape index (κ3) is 4.87. The van der Waals surface area contributed by atoms with Crippen molar-refractivity contribution < 1.29 is 14.3 Å². The quantitative estimate of drug-likeness (QED) is 0.685. The van der Waals surface area contributed by atoms with E-state index in [0.29, 0.717) is 41.1 Å². The molecule has 0 unspecified atom stereocenters. The Bertz CT molecular complexity index is 706. The van der Waals surface area contributed by atoms with E-state index in [1.54, 1.807) is 49.4 Å². The fourth-order valence-corrected chi connectivity index (χ4v) is 2.56. The van der Waals surface area contributed by atoms with Crippen molar-refractivity contribution in [2.45, 2.75) is 6.54 Å². The highest BCUT2D eigenvalue weighted by atomic mass is 35.5. The maximum atomic E-state index is 12.6. The van der Waals surface area contributed by atoms with Crippen LogP contribution in [0.1, 0.15) is 15.9 Å². The minimum Gasteiger partial charge on any atom is -0.491 e. The minimum absolute atomic E-state index is 0.122. The van der Waals surface area contributed by atoms with Gasteiger partial charge in [-0.15, -0.1) is 0 Å². The molecule has 128 valence electrons. The molecule has 1 amide bonds. The zero-order valence-corrected chi connectivity index (χ0v) is 15.1. The van der Waals surface area contributed by atoms with Gasteiger partial charge in [0.2, 0.25) is 0 Å². The van der Waals surface area contributed by atoms with Crippen LogP contribution >= 0.6 is 23.2 Å². The van der Waals surface area contributed by atoms with E-state index in [-0.39, 0.29) is 5.91 Å². The Morgan fingerprint density at radius 1 is 1.12 bits per heavy atom. The van der Waals surface area contributed by atoms with E-state index in [9.17, 15) is 4.79 Å². The second-order valence-corrected chi connectivity index (χ2v) is 6.03. The van der Waals surface area contributed by atoms with Crippen molar-refractivity contribution in [3.63, 3.8) is 0 Å². The van der Waals surface area contributed by atoms with Crippen molar-refractivity contribution >= 4 is 29.1 Å². The molecule has 0 heterocycles. The number of hydrogen-bond acceptors (Lipinski definition) is 3. The Balaban J connectivity index is 2.07. The summed E-state index contributed by atoms with van der Waals surface area (Å²) in [6, 6.07) is 12.4. The van der Waals surface area contributed by atoms with E-state index in [0.717, 1.165) is 5.56 Å². The van der Waals surface area contributed by atoms with Crippen LogP contribution in [-0.2, 0) is 11.3 Å². The summed E-state index contributed by atoms with van der Waals surface area (Å²) in [5.74, 6) is 0.510. The van der Waals surface area contributed by atoms with Gasteiger partial charge in [-0.3, -0.25) is 4.79 Å². The van der Waals surface area contributed by atoms with Crippen LogP contribution in [0.15, 0.2) is 42.5 Å². The number of benzene rings is 2. The first-order valence-electron chi connectivity index (χ1n) is 7.43. The number of rotatable bonds is 7. The van der Waals surface area contributed by atoms with Crippen LogP contribution in [-0.4, -0.2) is 38.2 Å². The molecular formula is C18H19Cl2NO3. The van der Waals surface area contributed by atoms with Crippen molar-refractivity contribution in [2.75, 3.05) is 27.4 Å². The van der Waals surface area contributed by atoms with Crippen molar-refractivity contribution in [3.8, 4) is 5.75 Å². The van der Waals surface area contributed by atoms with E-state index in [1.807, 2.05) is 12.1 Å². The maximum absolute atomic E-state index is 12.6. The van der Waals surface area contributed by atoms with E-state index in [4.69, 9.17) is 32.7 Å². The minimum atomic E-state index is -0.122. The summed E-state index contributed by atoms with van der Waals surface area (Å²) >= 11 is 12.2. The molecule has 2 aromatic rings. The average Bonchev–Trinajstić information content (AvgIpc) is 2.59. The predicted octanol–water partition coefficient (Wildman–Crippen LogP) is 4.29. The largest absolute Gasteiger partial charge is 0.491 e. The first-order chi connectivity index (χ1) is 11.5. The molecule has 24 heavy (non-hydrogen) atoms. The van der Waals surface area contributed by atoms with Crippen molar-refractivity contribution in [1.82, 2.24) is 4.90 Å². The molecule has 2 rings (SSSR count). The number of halogens is 2. The SMILES string of the molecule is COCCOc1cccc(C(=O)N(C)Cc2cccc(Cl)c2Cl)c1. The molecular weight excluding hydrogens is 349 g/mol. The lowest BCUT2D eigenvalue weighted by Crippen LogP contribution is -2.26. The van der Waals surface area contributed by atoms with Gasteiger partial charge in [0.1, 0.15) is 12.4 Å². The molecule has 0 saturated heterocycles. The maximum Gasteiger partial charge on any atom is 0.254 e. The monoisotopic (exact) mass is 367 g/mol. The topological polar surface area (TPSA) is 38.8 Å². The molecule has 0 bridgehead atoms. The fraction of sp³-hybridized carbons (Fsp3) is 0.278. The number of methoxy groups -OCH3 is 1. The first kappa shape index (κ1) is 18.6. The Morgan fingerprint density at radius 2 is 1.88 bits per heavy atom. The lowest BCUT2D eigenvalue weighted by atomic mass is 10.1. The van der Waals surface area contributed by atoms with Crippen LogP contribution in [0.3, 0.4) is 0 Å². The first-order valence-corrected chi connectivity index (χ1v) is 8.18. The molecule has 0 fully saturated rings. The van der Waals surface area contributed by atoms with Gasteiger partial charge in [-0.2, -0.15) is 0 Å². The van der Waals surface area contributed by atoms with Gasteiger partial charge in [0.25, 0.3) is 5.91 Å². The van der Waals surface area contributed by atoms with E-state index in [2.05, 4.69) is 0 Å². The second kappa shape index (κ2) is 8.92. The van der Waals surface area contributed by atoms with Gasteiger partial charge < -0.3 is 14.4 Å². The summed E-state index contributed by atoms with van der Waals surface area (Å²) in [5, 5.41) is 0.944. The third-order valence-corrected chi connectivity index (χ3v) is 4.28. The Labute approximate surface area is 151 Å². The molecule has 0 aliphatic heterocycles. The van der Waals surface area contributed by atoms with Gasteiger partial charge in [0, 0.05) is 26.3 Å². The zero-order valence-electron chi connectivity index (χ0n) is 13.6. The molecule has 6 heteroatoms. The van der Waals surface area contributed by atoms with Crippen LogP contribution in [0.2, 0.25) is 10.0 Å². The lowest BCUT2D eigenvalue weighted by Gasteiger charge is -2.19. The van der Waals surface area contributed by atoms with Gasteiger partial charge in [-0.1, -0.05) is 41.4 Å². The number of nitrogens with zero attached hydrogens (tertiary/aromatic N) is 1. The average molecular weight is 368 g/mol. The molecule has 0 atom stereocenters. The summed E-state index contributed by atoms with van der Waals surface area (Å²) in [4.78, 5) is 14.2. The standard InChI is InChI=1S/C18H19Cl2NO3/c1-21(12-14-6-4-8-16(19)17(14)20)18(22)13-5-3-7-15(11-13)24-10-9-23-2/h3-8,11H,9-10,12H2,1-2H3. The number of carbonyl (C=O) groups is 1. The number of carbonyl (C=O) groups excluding carboxylic acids is 1. The fourth-order valence-electron chi connectivity index (χ4n) is 2.18. The Kier molecular flexibility index (Phi) is 6.91. The molecule has 2 aromatic carbocycles. The molecule has 4 nitrogen and oxygen atoms in total. The van der Waals surface area contributed by atoms with E-state index >= 15 is 0 Å². The van der Waals surface area contributed by atoms with Gasteiger partial charge in [-0.05, 0) is 29.8 Å². The number of ether oxygens (including phenoxy) is 2. The molecule has 0 aromatic heterocycles. The van der Waals surface area contributed by atoms with Gasteiger partial charge >= 0.3 is 0 Å². The van der Waals surface area contributed by atoms with E-state index < -0.39 is 0 Å². The summed E-state index contributed by atoms with van der Waals surface area (Å²) in [6.45, 7) is 1.29. The normalized spacial score (nSPS) is 10.5. The van der Waals surface area contributed by atoms with Gasteiger partial charge in [0.15, 0.2) is 0 Å². The van der Waals surface area contributed by atoms with Crippen molar-refractivity contribution in [2.24, 2.45) is 0 Å². The Morgan fingerprint density at radius 3 is 2.62 bits per heavy atom. The summed E-state index contributed by atoms with van der Waals surface area (Å²) in [5.41, 5.74) is 1.35. The summed E-state index contributed by atoms with van der Waals surface area (Å²) in [7, 11) is 3.33. The highest BCUT2D eigenvalue weighted by Gasteiger charge is 2.15. The Hall–Kier alpha value is -1.75. The molecule has 0 aliphatic rings. The lowest BCUT2D eigenvalue weighted by molar-refractivity contribution is 0.0784. The smallest absolute Gasteiger partial charge is 0.254 e. The highest BCUT2D eigenvalue weighted by molar-refractivity contribution is 6.42. The van der Waals surface area contributed by atoms with Crippen LogP contribution < -0.4 is 4.74 Å². The summed E-state index contributed by atoms with van der Waals surface area (Å²) < 4.78 is 10.5. The van der Waals surface area contributed by atoms with Gasteiger partial charge in [0.05, 0.1) is 16.7 Å². The van der Waals surface area contributed by atoms with Crippen LogP contribution in [0, 0.1) is 0 Å². The predicted molar refractivity (Wildman–Crippen MR) is 96.1 cm³/mol.